The quantitative estimate of drug-likeness (QED) is 0.856. The van der Waals surface area contributed by atoms with Crippen LogP contribution >= 0.6 is 0 Å². The Labute approximate surface area is 103 Å². The average Bonchev–Trinajstić information content (AvgIpc) is 2.33. The van der Waals surface area contributed by atoms with Crippen LogP contribution in [0.4, 0.5) is 0 Å². The zero-order valence-electron chi connectivity index (χ0n) is 10.9. The highest BCUT2D eigenvalue weighted by molar-refractivity contribution is 4.99. The van der Waals surface area contributed by atoms with Gasteiger partial charge in [0.15, 0.2) is 0 Å². The molecule has 4 nitrogen and oxygen atoms in total. The van der Waals surface area contributed by atoms with E-state index in [-0.39, 0.29) is 0 Å². The predicted molar refractivity (Wildman–Crippen MR) is 68.5 cm³/mol. The maximum absolute atomic E-state index is 4.10. The number of aromatic nitrogens is 2. The van der Waals surface area contributed by atoms with E-state index < -0.39 is 0 Å². The standard InChI is InChI=1S/C13H22N4/c1-10-9-17(3)11(2)7-13(10)14-8-12-5-4-6-15-16-12/h4-6,10-11,13-14H,7-9H2,1-3H3. The third-order valence-electron chi connectivity index (χ3n) is 3.78. The van der Waals surface area contributed by atoms with Gasteiger partial charge in [0, 0.05) is 31.4 Å². The van der Waals surface area contributed by atoms with Crippen LogP contribution in [0.3, 0.4) is 0 Å². The monoisotopic (exact) mass is 234 g/mol. The van der Waals surface area contributed by atoms with Crippen molar-refractivity contribution in [3.63, 3.8) is 0 Å². The van der Waals surface area contributed by atoms with Crippen LogP contribution in [0.1, 0.15) is 26.0 Å². The Morgan fingerprint density at radius 2 is 2.29 bits per heavy atom. The first-order chi connectivity index (χ1) is 8.16. The molecule has 1 saturated heterocycles. The van der Waals surface area contributed by atoms with E-state index in [0.717, 1.165) is 12.2 Å². The summed E-state index contributed by atoms with van der Waals surface area (Å²) in [5.74, 6) is 0.688. The Morgan fingerprint density at radius 1 is 1.47 bits per heavy atom. The molecule has 0 bridgehead atoms. The van der Waals surface area contributed by atoms with Gasteiger partial charge in [0.2, 0.25) is 0 Å². The van der Waals surface area contributed by atoms with Crippen LogP contribution in [-0.2, 0) is 6.54 Å². The highest BCUT2D eigenvalue weighted by Crippen LogP contribution is 2.20. The second-order valence-corrected chi connectivity index (χ2v) is 5.20. The fourth-order valence-electron chi connectivity index (χ4n) is 2.49. The largest absolute Gasteiger partial charge is 0.308 e. The summed E-state index contributed by atoms with van der Waals surface area (Å²) < 4.78 is 0. The molecular formula is C13H22N4. The molecule has 1 fully saturated rings. The minimum Gasteiger partial charge on any atom is -0.308 e. The number of hydrogen-bond donors (Lipinski definition) is 1. The van der Waals surface area contributed by atoms with E-state index in [1.165, 1.54) is 13.0 Å². The molecule has 1 aliphatic rings. The first-order valence-corrected chi connectivity index (χ1v) is 6.37. The summed E-state index contributed by atoms with van der Waals surface area (Å²) in [6, 6.07) is 5.20. The zero-order valence-corrected chi connectivity index (χ0v) is 10.9. The highest BCUT2D eigenvalue weighted by atomic mass is 15.2. The van der Waals surface area contributed by atoms with Crippen molar-refractivity contribution in [3.05, 3.63) is 24.0 Å². The van der Waals surface area contributed by atoms with Crippen molar-refractivity contribution in [2.45, 2.75) is 38.9 Å². The third-order valence-corrected chi connectivity index (χ3v) is 3.78. The lowest BCUT2D eigenvalue weighted by molar-refractivity contribution is 0.121. The van der Waals surface area contributed by atoms with Crippen LogP contribution in [0.5, 0.6) is 0 Å². The molecule has 0 aliphatic carbocycles. The van der Waals surface area contributed by atoms with Crippen LogP contribution in [-0.4, -0.2) is 40.8 Å². The molecule has 3 unspecified atom stereocenters. The predicted octanol–water partition coefficient (Wildman–Crippen LogP) is 1.29. The lowest BCUT2D eigenvalue weighted by atomic mass is 9.90. The zero-order chi connectivity index (χ0) is 12.3. The normalized spacial score (nSPS) is 30.4. The lowest BCUT2D eigenvalue weighted by Crippen LogP contribution is -2.50. The van der Waals surface area contributed by atoms with Crippen molar-refractivity contribution in [1.29, 1.82) is 0 Å². The molecule has 4 heteroatoms. The molecule has 0 amide bonds. The van der Waals surface area contributed by atoms with Gasteiger partial charge < -0.3 is 10.2 Å². The molecule has 1 N–H and O–H groups in total. The van der Waals surface area contributed by atoms with Gasteiger partial charge in [-0.1, -0.05) is 6.92 Å². The second-order valence-electron chi connectivity index (χ2n) is 5.20. The van der Waals surface area contributed by atoms with Gasteiger partial charge in [0.25, 0.3) is 0 Å². The Balaban J connectivity index is 1.87. The topological polar surface area (TPSA) is 41.0 Å². The minimum absolute atomic E-state index is 0.586. The molecule has 0 spiro atoms. The SMILES string of the molecule is CC1CN(C)C(C)CC1NCc1cccnn1. The maximum atomic E-state index is 4.10. The Morgan fingerprint density at radius 3 is 3.00 bits per heavy atom. The molecule has 1 aliphatic heterocycles. The highest BCUT2D eigenvalue weighted by Gasteiger charge is 2.28. The van der Waals surface area contributed by atoms with Crippen LogP contribution in [0.25, 0.3) is 0 Å². The summed E-state index contributed by atoms with van der Waals surface area (Å²) >= 11 is 0. The molecule has 17 heavy (non-hydrogen) atoms. The summed E-state index contributed by atoms with van der Waals surface area (Å²) in [6.45, 7) is 6.60. The van der Waals surface area contributed by atoms with Gasteiger partial charge in [0.05, 0.1) is 5.69 Å². The van der Waals surface area contributed by atoms with Gasteiger partial charge in [-0.3, -0.25) is 0 Å². The van der Waals surface area contributed by atoms with Crippen molar-refractivity contribution in [2.75, 3.05) is 13.6 Å². The van der Waals surface area contributed by atoms with Crippen LogP contribution in [0.15, 0.2) is 18.3 Å². The van der Waals surface area contributed by atoms with E-state index in [0.29, 0.717) is 18.0 Å². The summed E-state index contributed by atoms with van der Waals surface area (Å²) in [7, 11) is 2.21. The van der Waals surface area contributed by atoms with E-state index in [2.05, 4.69) is 41.3 Å². The number of piperidine rings is 1. The average molecular weight is 234 g/mol. The Kier molecular flexibility index (Phi) is 4.07. The van der Waals surface area contributed by atoms with Crippen LogP contribution in [0.2, 0.25) is 0 Å². The van der Waals surface area contributed by atoms with Crippen molar-refractivity contribution in [1.82, 2.24) is 20.4 Å². The number of likely N-dealkylation sites (tertiary alicyclic amines) is 1. The Bertz CT molecular complexity index is 341. The number of hydrogen-bond acceptors (Lipinski definition) is 4. The fourth-order valence-corrected chi connectivity index (χ4v) is 2.49. The number of nitrogens with zero attached hydrogens (tertiary/aromatic N) is 3. The Hall–Kier alpha value is -1.00. The molecule has 1 aromatic rings. The maximum Gasteiger partial charge on any atom is 0.0769 e. The second kappa shape index (κ2) is 5.56. The molecule has 94 valence electrons. The van der Waals surface area contributed by atoms with Gasteiger partial charge >= 0.3 is 0 Å². The molecule has 0 radical (unpaired) electrons. The molecular weight excluding hydrogens is 212 g/mol. The van der Waals surface area contributed by atoms with E-state index in [9.17, 15) is 0 Å². The van der Waals surface area contributed by atoms with Crippen molar-refractivity contribution in [3.8, 4) is 0 Å². The van der Waals surface area contributed by atoms with E-state index in [1.54, 1.807) is 6.20 Å². The molecule has 3 atom stereocenters. The van der Waals surface area contributed by atoms with E-state index in [1.807, 2.05) is 12.1 Å². The third kappa shape index (κ3) is 3.23. The van der Waals surface area contributed by atoms with Crippen LogP contribution < -0.4 is 5.32 Å². The molecule has 1 aromatic heterocycles. The van der Waals surface area contributed by atoms with Crippen molar-refractivity contribution >= 4 is 0 Å². The summed E-state index contributed by atoms with van der Waals surface area (Å²) in [5.41, 5.74) is 1.02. The summed E-state index contributed by atoms with van der Waals surface area (Å²) in [4.78, 5) is 2.44. The van der Waals surface area contributed by atoms with Gasteiger partial charge in [0.1, 0.15) is 0 Å². The van der Waals surface area contributed by atoms with Gasteiger partial charge in [-0.15, -0.1) is 0 Å². The number of nitrogens with one attached hydrogen (secondary N) is 1. The van der Waals surface area contributed by atoms with Crippen molar-refractivity contribution in [2.24, 2.45) is 5.92 Å². The smallest absolute Gasteiger partial charge is 0.0769 e. The van der Waals surface area contributed by atoms with Crippen molar-refractivity contribution < 1.29 is 0 Å². The molecule has 0 saturated carbocycles. The van der Waals surface area contributed by atoms with Gasteiger partial charge in [-0.05, 0) is 38.4 Å². The number of rotatable bonds is 3. The van der Waals surface area contributed by atoms with E-state index >= 15 is 0 Å². The van der Waals surface area contributed by atoms with Crippen LogP contribution in [0, 0.1) is 5.92 Å². The molecule has 2 heterocycles. The molecule has 2 rings (SSSR count). The first-order valence-electron chi connectivity index (χ1n) is 6.37. The summed E-state index contributed by atoms with van der Waals surface area (Å²) in [5, 5.41) is 11.6. The molecule has 0 aromatic carbocycles. The minimum atomic E-state index is 0.586. The summed E-state index contributed by atoms with van der Waals surface area (Å²) in [6.07, 6.45) is 2.92. The first kappa shape index (κ1) is 12.5. The lowest BCUT2D eigenvalue weighted by Gasteiger charge is -2.40. The van der Waals surface area contributed by atoms with Gasteiger partial charge in [-0.2, -0.15) is 10.2 Å². The van der Waals surface area contributed by atoms with E-state index in [4.69, 9.17) is 0 Å². The fraction of sp³-hybridized carbons (Fsp3) is 0.692. The van der Waals surface area contributed by atoms with Gasteiger partial charge in [-0.25, -0.2) is 0 Å².